The van der Waals surface area contributed by atoms with Gasteiger partial charge in [-0.1, -0.05) is 25.3 Å². The molecule has 1 aliphatic carbocycles. The molecule has 1 saturated carbocycles. The molecule has 3 rings (SSSR count). The minimum atomic E-state index is -0.175. The molecule has 0 aliphatic heterocycles. The van der Waals surface area contributed by atoms with Crippen LogP contribution in [0.25, 0.3) is 0 Å². The first-order valence-corrected chi connectivity index (χ1v) is 8.46. The predicted molar refractivity (Wildman–Crippen MR) is 94.8 cm³/mol. The molecule has 24 heavy (non-hydrogen) atoms. The number of nitrogens with one attached hydrogen (secondary N) is 3. The standard InChI is InChI=1S/C18H23N5O/c24-18(22-15-6-2-1-3-7-15)23-17-9-8-16(13-21-17)20-12-14-5-4-10-19-11-14/h4-5,8-11,13,15,20H,1-3,6-7,12H2,(H2,21,22,23,24). The van der Waals surface area contributed by atoms with Gasteiger partial charge in [-0.25, -0.2) is 9.78 Å². The van der Waals surface area contributed by atoms with Gasteiger partial charge in [0.15, 0.2) is 0 Å². The van der Waals surface area contributed by atoms with Gasteiger partial charge in [0.1, 0.15) is 5.82 Å². The van der Waals surface area contributed by atoms with Gasteiger partial charge in [0.05, 0.1) is 11.9 Å². The summed E-state index contributed by atoms with van der Waals surface area (Å²) < 4.78 is 0. The first kappa shape index (κ1) is 16.2. The highest BCUT2D eigenvalue weighted by Crippen LogP contribution is 2.17. The molecule has 0 atom stereocenters. The van der Waals surface area contributed by atoms with Crippen LogP contribution < -0.4 is 16.0 Å². The maximum Gasteiger partial charge on any atom is 0.320 e. The second-order valence-electron chi connectivity index (χ2n) is 6.08. The Labute approximate surface area is 142 Å². The molecular formula is C18H23N5O. The molecule has 0 saturated heterocycles. The number of pyridine rings is 2. The molecule has 0 radical (unpaired) electrons. The lowest BCUT2D eigenvalue weighted by Crippen LogP contribution is -2.39. The lowest BCUT2D eigenvalue weighted by Gasteiger charge is -2.22. The predicted octanol–water partition coefficient (Wildman–Crippen LogP) is 3.54. The summed E-state index contributed by atoms with van der Waals surface area (Å²) in [5, 5.41) is 9.08. The van der Waals surface area contributed by atoms with Gasteiger partial charge in [-0.3, -0.25) is 10.3 Å². The van der Waals surface area contributed by atoms with Crippen molar-refractivity contribution in [1.29, 1.82) is 0 Å². The largest absolute Gasteiger partial charge is 0.380 e. The SMILES string of the molecule is O=C(Nc1ccc(NCc2cccnc2)cn1)NC1CCCCC1. The van der Waals surface area contributed by atoms with Crippen LogP contribution in [0.2, 0.25) is 0 Å². The second kappa shape index (κ2) is 8.29. The zero-order chi connectivity index (χ0) is 16.6. The maximum atomic E-state index is 12.0. The minimum Gasteiger partial charge on any atom is -0.380 e. The smallest absolute Gasteiger partial charge is 0.320 e. The zero-order valence-electron chi connectivity index (χ0n) is 13.7. The number of hydrogen-bond donors (Lipinski definition) is 3. The van der Waals surface area contributed by atoms with E-state index in [2.05, 4.69) is 25.9 Å². The number of anilines is 2. The monoisotopic (exact) mass is 325 g/mol. The maximum absolute atomic E-state index is 12.0. The minimum absolute atomic E-state index is 0.175. The van der Waals surface area contributed by atoms with Crippen LogP contribution in [-0.4, -0.2) is 22.0 Å². The molecule has 1 aliphatic rings. The number of carbonyl (C=O) groups excluding carboxylic acids is 1. The fourth-order valence-electron chi connectivity index (χ4n) is 2.86. The van der Waals surface area contributed by atoms with Crippen LogP contribution in [0.15, 0.2) is 42.9 Å². The van der Waals surface area contributed by atoms with Crippen LogP contribution in [0.1, 0.15) is 37.7 Å². The summed E-state index contributed by atoms with van der Waals surface area (Å²) >= 11 is 0. The molecule has 126 valence electrons. The summed E-state index contributed by atoms with van der Waals surface area (Å²) in [7, 11) is 0. The highest BCUT2D eigenvalue weighted by atomic mass is 16.2. The molecule has 2 aromatic rings. The lowest BCUT2D eigenvalue weighted by molar-refractivity contribution is 0.244. The van der Waals surface area contributed by atoms with Crippen LogP contribution in [0.3, 0.4) is 0 Å². The number of hydrogen-bond acceptors (Lipinski definition) is 4. The summed E-state index contributed by atoms with van der Waals surface area (Å²) in [5.74, 6) is 0.551. The average molecular weight is 325 g/mol. The van der Waals surface area contributed by atoms with Gasteiger partial charge in [-0.2, -0.15) is 0 Å². The normalized spacial score (nSPS) is 14.8. The van der Waals surface area contributed by atoms with E-state index in [0.29, 0.717) is 18.4 Å². The van der Waals surface area contributed by atoms with Crippen molar-refractivity contribution < 1.29 is 4.79 Å². The van der Waals surface area contributed by atoms with Crippen LogP contribution in [-0.2, 0) is 6.54 Å². The third-order valence-corrected chi connectivity index (χ3v) is 4.16. The van der Waals surface area contributed by atoms with E-state index in [1.165, 1.54) is 19.3 Å². The topological polar surface area (TPSA) is 78.9 Å². The van der Waals surface area contributed by atoms with Gasteiger partial charge < -0.3 is 10.6 Å². The Bertz CT molecular complexity index is 638. The highest BCUT2D eigenvalue weighted by molar-refractivity contribution is 5.88. The van der Waals surface area contributed by atoms with E-state index in [-0.39, 0.29) is 6.03 Å². The van der Waals surface area contributed by atoms with Gasteiger partial charge >= 0.3 is 6.03 Å². The molecule has 6 nitrogen and oxygen atoms in total. The molecule has 0 spiro atoms. The Hall–Kier alpha value is -2.63. The first-order chi connectivity index (χ1) is 11.8. The summed E-state index contributed by atoms with van der Waals surface area (Å²) in [6.45, 7) is 0.685. The van der Waals surface area contributed by atoms with E-state index in [1.54, 1.807) is 18.5 Å². The van der Waals surface area contributed by atoms with Gasteiger partial charge in [0, 0.05) is 25.0 Å². The van der Waals surface area contributed by atoms with Crippen molar-refractivity contribution in [2.45, 2.75) is 44.7 Å². The molecule has 3 N–H and O–H groups in total. The molecular weight excluding hydrogens is 302 g/mol. The highest BCUT2D eigenvalue weighted by Gasteiger charge is 2.15. The van der Waals surface area contributed by atoms with E-state index in [4.69, 9.17) is 0 Å². The summed E-state index contributed by atoms with van der Waals surface area (Å²) in [4.78, 5) is 20.3. The van der Waals surface area contributed by atoms with E-state index < -0.39 is 0 Å². The van der Waals surface area contributed by atoms with Crippen LogP contribution >= 0.6 is 0 Å². The summed E-state index contributed by atoms with van der Waals surface area (Å²) in [5.41, 5.74) is 2.00. The Morgan fingerprint density at radius 2 is 2.00 bits per heavy atom. The Morgan fingerprint density at radius 3 is 2.71 bits per heavy atom. The number of nitrogens with zero attached hydrogens (tertiary/aromatic N) is 2. The molecule has 0 bridgehead atoms. The van der Waals surface area contributed by atoms with Crippen molar-refractivity contribution in [3.05, 3.63) is 48.4 Å². The molecule has 2 amide bonds. The Morgan fingerprint density at radius 1 is 1.12 bits per heavy atom. The van der Waals surface area contributed by atoms with Gasteiger partial charge in [0.2, 0.25) is 0 Å². The summed E-state index contributed by atoms with van der Waals surface area (Å²) in [6, 6.07) is 7.74. The van der Waals surface area contributed by atoms with Gasteiger partial charge in [-0.05, 0) is 36.6 Å². The molecule has 2 heterocycles. The van der Waals surface area contributed by atoms with Crippen molar-refractivity contribution in [1.82, 2.24) is 15.3 Å². The number of urea groups is 1. The van der Waals surface area contributed by atoms with Gasteiger partial charge in [0.25, 0.3) is 0 Å². The fourth-order valence-corrected chi connectivity index (χ4v) is 2.86. The number of rotatable bonds is 5. The van der Waals surface area contributed by atoms with Gasteiger partial charge in [-0.15, -0.1) is 0 Å². The quantitative estimate of drug-likeness (QED) is 0.785. The van der Waals surface area contributed by atoms with Crippen molar-refractivity contribution in [3.8, 4) is 0 Å². The lowest BCUT2D eigenvalue weighted by atomic mass is 9.96. The molecule has 1 fully saturated rings. The average Bonchev–Trinajstić information content (AvgIpc) is 2.63. The molecule has 2 aromatic heterocycles. The number of carbonyl (C=O) groups is 1. The van der Waals surface area contributed by atoms with Crippen molar-refractivity contribution in [3.63, 3.8) is 0 Å². The van der Waals surface area contributed by atoms with Crippen molar-refractivity contribution >= 4 is 17.5 Å². The molecule has 0 unspecified atom stereocenters. The second-order valence-corrected chi connectivity index (χ2v) is 6.08. The Balaban J connectivity index is 1.46. The third kappa shape index (κ3) is 4.94. The number of aromatic nitrogens is 2. The molecule has 0 aromatic carbocycles. The third-order valence-electron chi connectivity index (χ3n) is 4.16. The van der Waals surface area contributed by atoms with E-state index in [1.807, 2.05) is 24.4 Å². The van der Waals surface area contributed by atoms with E-state index >= 15 is 0 Å². The van der Waals surface area contributed by atoms with Crippen LogP contribution in [0, 0.1) is 0 Å². The van der Waals surface area contributed by atoms with Crippen molar-refractivity contribution in [2.24, 2.45) is 0 Å². The zero-order valence-corrected chi connectivity index (χ0v) is 13.7. The van der Waals surface area contributed by atoms with Crippen molar-refractivity contribution in [2.75, 3.05) is 10.6 Å². The van der Waals surface area contributed by atoms with E-state index in [9.17, 15) is 4.79 Å². The Kier molecular flexibility index (Phi) is 5.61. The van der Waals surface area contributed by atoms with Crippen LogP contribution in [0.5, 0.6) is 0 Å². The van der Waals surface area contributed by atoms with E-state index in [0.717, 1.165) is 24.1 Å². The number of amides is 2. The first-order valence-electron chi connectivity index (χ1n) is 8.46. The molecule has 6 heteroatoms. The summed E-state index contributed by atoms with van der Waals surface area (Å²) in [6.07, 6.45) is 11.1. The fraction of sp³-hybridized carbons (Fsp3) is 0.389. The van der Waals surface area contributed by atoms with Crippen LogP contribution in [0.4, 0.5) is 16.3 Å².